The summed E-state index contributed by atoms with van der Waals surface area (Å²) in [4.78, 5) is 4.16. The van der Waals surface area contributed by atoms with Crippen molar-refractivity contribution in [1.82, 2.24) is 9.55 Å². The Balaban J connectivity index is 0.000000231. The SMILES string of the molecule is CO.c1cn2c(n1)CCC2. The average molecular weight is 140 g/mol. The maximum Gasteiger partial charge on any atom is 0.108 e. The maximum absolute atomic E-state index is 7.00. The quantitative estimate of drug-likeness (QED) is 0.567. The van der Waals surface area contributed by atoms with Gasteiger partial charge in [0.2, 0.25) is 0 Å². The van der Waals surface area contributed by atoms with Crippen molar-refractivity contribution in [3.63, 3.8) is 0 Å². The van der Waals surface area contributed by atoms with Gasteiger partial charge in [-0.05, 0) is 6.42 Å². The summed E-state index contributed by atoms with van der Waals surface area (Å²) in [6.45, 7) is 1.18. The number of aliphatic hydroxyl groups excluding tert-OH is 1. The van der Waals surface area contributed by atoms with Crippen LogP contribution in [0, 0.1) is 0 Å². The molecule has 1 aromatic rings. The zero-order valence-corrected chi connectivity index (χ0v) is 6.12. The molecule has 0 spiro atoms. The third-order valence-corrected chi connectivity index (χ3v) is 1.60. The summed E-state index contributed by atoms with van der Waals surface area (Å²) in [7, 11) is 1.00. The molecule has 3 nitrogen and oxygen atoms in total. The van der Waals surface area contributed by atoms with Gasteiger partial charge in [-0.2, -0.15) is 0 Å². The van der Waals surface area contributed by atoms with Gasteiger partial charge in [0.15, 0.2) is 0 Å². The zero-order chi connectivity index (χ0) is 7.40. The average Bonchev–Trinajstić information content (AvgIpc) is 2.49. The monoisotopic (exact) mass is 140 g/mol. The summed E-state index contributed by atoms with van der Waals surface area (Å²) in [5.74, 6) is 1.25. The van der Waals surface area contributed by atoms with Gasteiger partial charge in [0, 0.05) is 32.5 Å². The third kappa shape index (κ3) is 1.19. The molecule has 2 rings (SSSR count). The molecule has 0 aliphatic carbocycles. The molecule has 3 heteroatoms. The van der Waals surface area contributed by atoms with Crippen molar-refractivity contribution in [2.45, 2.75) is 19.4 Å². The molecule has 1 aromatic heterocycles. The van der Waals surface area contributed by atoms with Crippen molar-refractivity contribution in [2.75, 3.05) is 7.11 Å². The van der Waals surface area contributed by atoms with Crippen LogP contribution in [-0.2, 0) is 13.0 Å². The van der Waals surface area contributed by atoms with E-state index in [0.29, 0.717) is 0 Å². The Morgan fingerprint density at radius 3 is 3.10 bits per heavy atom. The van der Waals surface area contributed by atoms with E-state index in [2.05, 4.69) is 9.55 Å². The van der Waals surface area contributed by atoms with Crippen LogP contribution in [0.25, 0.3) is 0 Å². The van der Waals surface area contributed by atoms with E-state index < -0.39 is 0 Å². The van der Waals surface area contributed by atoms with Crippen molar-refractivity contribution < 1.29 is 5.11 Å². The van der Waals surface area contributed by atoms with Crippen LogP contribution in [0.5, 0.6) is 0 Å². The summed E-state index contributed by atoms with van der Waals surface area (Å²) in [5, 5.41) is 7.00. The lowest BCUT2D eigenvalue weighted by atomic mass is 10.4. The second-order valence-electron chi connectivity index (χ2n) is 2.14. The highest BCUT2D eigenvalue weighted by Gasteiger charge is 2.07. The normalized spacial score (nSPS) is 13.8. The second-order valence-corrected chi connectivity index (χ2v) is 2.14. The summed E-state index contributed by atoms with van der Waals surface area (Å²) < 4.78 is 2.21. The van der Waals surface area contributed by atoms with Gasteiger partial charge in [0.1, 0.15) is 5.82 Å². The topological polar surface area (TPSA) is 38.0 Å². The Morgan fingerprint density at radius 2 is 2.40 bits per heavy atom. The molecule has 0 saturated carbocycles. The Kier molecular flexibility index (Phi) is 2.45. The van der Waals surface area contributed by atoms with Crippen LogP contribution in [0.15, 0.2) is 12.4 Å². The fraction of sp³-hybridized carbons (Fsp3) is 0.571. The van der Waals surface area contributed by atoms with Crippen LogP contribution in [-0.4, -0.2) is 21.8 Å². The van der Waals surface area contributed by atoms with Crippen molar-refractivity contribution in [2.24, 2.45) is 0 Å². The van der Waals surface area contributed by atoms with Gasteiger partial charge in [-0.15, -0.1) is 0 Å². The van der Waals surface area contributed by atoms with E-state index in [1.807, 2.05) is 12.4 Å². The first-order valence-corrected chi connectivity index (χ1v) is 3.41. The number of hydrogen-bond acceptors (Lipinski definition) is 2. The molecule has 1 aliphatic heterocycles. The molecule has 0 bridgehead atoms. The fourth-order valence-electron chi connectivity index (χ4n) is 1.18. The Morgan fingerprint density at radius 1 is 1.60 bits per heavy atom. The lowest BCUT2D eigenvalue weighted by Crippen LogP contribution is -1.87. The lowest BCUT2D eigenvalue weighted by Gasteiger charge is -1.88. The van der Waals surface area contributed by atoms with Crippen molar-refractivity contribution in [3.8, 4) is 0 Å². The van der Waals surface area contributed by atoms with Crippen LogP contribution in [0.2, 0.25) is 0 Å². The molecule has 2 heterocycles. The summed E-state index contributed by atoms with van der Waals surface area (Å²) in [6.07, 6.45) is 6.37. The number of aryl methyl sites for hydroxylation is 2. The minimum absolute atomic E-state index is 1.00. The van der Waals surface area contributed by atoms with Crippen molar-refractivity contribution in [3.05, 3.63) is 18.2 Å². The van der Waals surface area contributed by atoms with Gasteiger partial charge in [-0.1, -0.05) is 0 Å². The number of aromatic nitrogens is 2. The van der Waals surface area contributed by atoms with Crippen LogP contribution in [0.4, 0.5) is 0 Å². The third-order valence-electron chi connectivity index (χ3n) is 1.60. The molecular formula is C7H12N2O. The molecule has 10 heavy (non-hydrogen) atoms. The lowest BCUT2D eigenvalue weighted by molar-refractivity contribution is 0.399. The van der Waals surface area contributed by atoms with E-state index in [9.17, 15) is 0 Å². The van der Waals surface area contributed by atoms with Gasteiger partial charge in [0.25, 0.3) is 0 Å². The van der Waals surface area contributed by atoms with E-state index in [0.717, 1.165) is 7.11 Å². The molecule has 0 unspecified atom stereocenters. The molecule has 0 atom stereocenters. The fourth-order valence-corrected chi connectivity index (χ4v) is 1.18. The molecule has 0 saturated heterocycles. The van der Waals surface area contributed by atoms with Crippen LogP contribution < -0.4 is 0 Å². The zero-order valence-electron chi connectivity index (χ0n) is 6.12. The number of imidazole rings is 1. The van der Waals surface area contributed by atoms with Gasteiger partial charge in [0.05, 0.1) is 0 Å². The minimum atomic E-state index is 1.00. The molecule has 0 amide bonds. The number of nitrogens with zero attached hydrogens (tertiary/aromatic N) is 2. The summed E-state index contributed by atoms with van der Waals surface area (Å²) in [5.41, 5.74) is 0. The second kappa shape index (κ2) is 3.37. The first kappa shape index (κ1) is 7.28. The van der Waals surface area contributed by atoms with E-state index in [1.54, 1.807) is 0 Å². The van der Waals surface area contributed by atoms with E-state index in [1.165, 1.54) is 25.2 Å². The van der Waals surface area contributed by atoms with Gasteiger partial charge in [-0.25, -0.2) is 4.98 Å². The Bertz CT molecular complexity index is 177. The van der Waals surface area contributed by atoms with Gasteiger partial charge < -0.3 is 9.67 Å². The number of rotatable bonds is 0. The Hall–Kier alpha value is -0.830. The first-order chi connectivity index (χ1) is 4.97. The van der Waals surface area contributed by atoms with Crippen LogP contribution in [0.3, 0.4) is 0 Å². The molecule has 0 fully saturated rings. The van der Waals surface area contributed by atoms with Crippen LogP contribution >= 0.6 is 0 Å². The molecule has 56 valence electrons. The van der Waals surface area contributed by atoms with Crippen molar-refractivity contribution in [1.29, 1.82) is 0 Å². The Labute approximate surface area is 60.3 Å². The number of aliphatic hydroxyl groups is 1. The molecular weight excluding hydrogens is 128 g/mol. The highest BCUT2D eigenvalue weighted by Crippen LogP contribution is 2.10. The standard InChI is InChI=1S/C6H8N2.CH4O/c1-2-6-7-3-5-8(6)4-1;1-2/h3,5H,1-2,4H2;2H,1H3. The molecule has 1 N–H and O–H groups in total. The van der Waals surface area contributed by atoms with Gasteiger partial charge in [-0.3, -0.25) is 0 Å². The predicted molar refractivity (Wildman–Crippen MR) is 38.7 cm³/mol. The highest BCUT2D eigenvalue weighted by atomic mass is 16.2. The van der Waals surface area contributed by atoms with Gasteiger partial charge >= 0.3 is 0 Å². The van der Waals surface area contributed by atoms with E-state index >= 15 is 0 Å². The predicted octanol–water partition coefficient (Wildman–Crippen LogP) is 0.438. The minimum Gasteiger partial charge on any atom is -0.400 e. The van der Waals surface area contributed by atoms with Crippen molar-refractivity contribution >= 4 is 0 Å². The van der Waals surface area contributed by atoms with Crippen LogP contribution in [0.1, 0.15) is 12.2 Å². The summed E-state index contributed by atoms with van der Waals surface area (Å²) >= 11 is 0. The number of fused-ring (bicyclic) bond motifs is 1. The molecule has 1 aliphatic rings. The summed E-state index contributed by atoms with van der Waals surface area (Å²) in [6, 6.07) is 0. The highest BCUT2D eigenvalue weighted by molar-refractivity contribution is 4.96. The van der Waals surface area contributed by atoms with E-state index in [4.69, 9.17) is 5.11 Å². The number of hydrogen-bond donors (Lipinski definition) is 1. The smallest absolute Gasteiger partial charge is 0.108 e. The maximum atomic E-state index is 7.00. The molecule has 0 radical (unpaired) electrons. The van der Waals surface area contributed by atoms with E-state index in [-0.39, 0.29) is 0 Å². The molecule has 0 aromatic carbocycles. The first-order valence-electron chi connectivity index (χ1n) is 3.41. The largest absolute Gasteiger partial charge is 0.400 e.